The molecule has 0 unspecified atom stereocenters. The lowest BCUT2D eigenvalue weighted by Crippen LogP contribution is -2.44. The van der Waals surface area contributed by atoms with Gasteiger partial charge in [0.15, 0.2) is 0 Å². The van der Waals surface area contributed by atoms with Crippen LogP contribution in [0.25, 0.3) is 0 Å². The van der Waals surface area contributed by atoms with Gasteiger partial charge in [0, 0.05) is 6.07 Å². The summed E-state index contributed by atoms with van der Waals surface area (Å²) in [7, 11) is 1.88. The first kappa shape index (κ1) is 21.7. The van der Waals surface area contributed by atoms with Crippen LogP contribution in [0.1, 0.15) is 26.3 Å². The first-order valence-electron chi connectivity index (χ1n) is 7.56. The second-order valence-electron chi connectivity index (χ2n) is 6.15. The molecule has 1 aromatic carbocycles. The van der Waals surface area contributed by atoms with Crippen molar-refractivity contribution in [2.45, 2.75) is 31.9 Å². The Hall–Kier alpha value is -3.37. The zero-order chi connectivity index (χ0) is 20.8. The number of nitrogens with zero attached hydrogens (tertiary/aromatic N) is 3. The van der Waals surface area contributed by atoms with Crippen LogP contribution in [0.4, 0.5) is 10.5 Å². The van der Waals surface area contributed by atoms with E-state index in [1.54, 1.807) is 20.8 Å². The van der Waals surface area contributed by atoms with Gasteiger partial charge in [-0.15, -0.1) is 5.11 Å². The molecule has 0 saturated carbocycles. The topological polar surface area (TPSA) is 147 Å². The van der Waals surface area contributed by atoms with Gasteiger partial charge in [0.25, 0.3) is 5.69 Å². The molecule has 11 nitrogen and oxygen atoms in total. The first-order chi connectivity index (χ1) is 12.5. The quantitative estimate of drug-likeness (QED) is 0.189. The Bertz CT molecular complexity index is 766. The number of hydrogen-bond acceptors (Lipinski definition) is 9. The molecule has 27 heavy (non-hydrogen) atoms. The number of para-hydroxylation sites is 1. The van der Waals surface area contributed by atoms with E-state index in [1.165, 1.54) is 12.1 Å². The summed E-state index contributed by atoms with van der Waals surface area (Å²) < 4.78 is 14.1. The van der Waals surface area contributed by atoms with Gasteiger partial charge in [-0.2, -0.15) is 0 Å². The summed E-state index contributed by atoms with van der Waals surface area (Å²) in [6.45, 7) is 4.70. The Kier molecular flexibility index (Phi) is 6.69. The minimum absolute atomic E-state index is 0.471. The maximum atomic E-state index is 12.5. The minimum Gasteiger partial charge on any atom is -0.466 e. The van der Waals surface area contributed by atoms with E-state index in [0.29, 0.717) is 0 Å². The Balaban J connectivity index is 3.68. The highest BCUT2D eigenvalue weighted by molar-refractivity contribution is 6.07. The van der Waals surface area contributed by atoms with Crippen molar-refractivity contribution < 1.29 is 33.5 Å². The van der Waals surface area contributed by atoms with Crippen LogP contribution in [0.15, 0.2) is 34.5 Å². The normalized spacial score (nSPS) is 11.7. The summed E-state index contributed by atoms with van der Waals surface area (Å²) in [4.78, 5) is 47.3. The highest BCUT2D eigenvalue weighted by atomic mass is 16.6. The van der Waals surface area contributed by atoms with E-state index >= 15 is 0 Å². The molecule has 146 valence electrons. The Morgan fingerprint density at radius 1 is 1.04 bits per heavy atom. The Morgan fingerprint density at radius 2 is 1.56 bits per heavy atom. The lowest BCUT2D eigenvalue weighted by molar-refractivity contribution is -0.386. The molecule has 1 amide bonds. The molecule has 0 bridgehead atoms. The largest absolute Gasteiger partial charge is 0.466 e. The van der Waals surface area contributed by atoms with Gasteiger partial charge >= 0.3 is 23.6 Å². The molecule has 0 heterocycles. The van der Waals surface area contributed by atoms with Crippen LogP contribution in [0, 0.1) is 10.1 Å². The van der Waals surface area contributed by atoms with Crippen molar-refractivity contribution in [3.8, 4) is 0 Å². The highest BCUT2D eigenvalue weighted by Crippen LogP contribution is 2.36. The monoisotopic (exact) mass is 381 g/mol. The van der Waals surface area contributed by atoms with Crippen LogP contribution < -0.4 is 0 Å². The number of carbonyl (C=O) groups excluding carboxylic acids is 3. The molecule has 0 atom stereocenters. The van der Waals surface area contributed by atoms with Gasteiger partial charge in [-0.25, -0.2) is 14.4 Å². The number of amides is 1. The molecule has 0 fully saturated rings. The molecule has 11 heteroatoms. The highest BCUT2D eigenvalue weighted by Gasteiger charge is 2.55. The molecule has 0 aliphatic rings. The van der Waals surface area contributed by atoms with Crippen molar-refractivity contribution in [3.05, 3.63) is 39.9 Å². The lowest BCUT2D eigenvalue weighted by Gasteiger charge is -2.23. The van der Waals surface area contributed by atoms with Crippen LogP contribution in [0.3, 0.4) is 0 Å². The SMILES string of the molecule is COC(=O)C(N=NC(=O)OC(C)(C)C)(C(=O)OC)c1ccccc1[N+](=O)[O-]. The van der Waals surface area contributed by atoms with E-state index < -0.39 is 45.3 Å². The smallest absolute Gasteiger partial charge is 0.452 e. The number of nitro groups is 1. The number of esters is 2. The van der Waals surface area contributed by atoms with Crippen LogP contribution in [-0.4, -0.2) is 42.8 Å². The second kappa shape index (κ2) is 8.34. The van der Waals surface area contributed by atoms with Gasteiger partial charge in [0.2, 0.25) is 0 Å². The van der Waals surface area contributed by atoms with E-state index in [0.717, 1.165) is 26.4 Å². The third kappa shape index (κ3) is 4.84. The summed E-state index contributed by atoms with van der Waals surface area (Å²) >= 11 is 0. The van der Waals surface area contributed by atoms with Crippen LogP contribution in [-0.2, 0) is 29.3 Å². The van der Waals surface area contributed by atoms with Crippen molar-refractivity contribution in [2.24, 2.45) is 10.2 Å². The summed E-state index contributed by atoms with van der Waals surface area (Å²) in [5, 5.41) is 18.1. The maximum absolute atomic E-state index is 12.5. The summed E-state index contributed by atoms with van der Waals surface area (Å²) in [6, 6.07) is 4.83. The van der Waals surface area contributed by atoms with Gasteiger partial charge in [-0.3, -0.25) is 10.1 Å². The van der Waals surface area contributed by atoms with Crippen LogP contribution in [0.5, 0.6) is 0 Å². The van der Waals surface area contributed by atoms with E-state index in [4.69, 9.17) is 4.74 Å². The van der Waals surface area contributed by atoms with Crippen LogP contribution >= 0.6 is 0 Å². The zero-order valence-corrected chi connectivity index (χ0v) is 15.4. The van der Waals surface area contributed by atoms with Crippen molar-refractivity contribution in [3.63, 3.8) is 0 Å². The van der Waals surface area contributed by atoms with E-state index in [2.05, 4.69) is 19.7 Å². The lowest BCUT2D eigenvalue weighted by atomic mass is 9.89. The first-order valence-corrected chi connectivity index (χ1v) is 7.56. The molecule has 1 rings (SSSR count). The van der Waals surface area contributed by atoms with Gasteiger partial charge in [-0.1, -0.05) is 17.2 Å². The van der Waals surface area contributed by atoms with Crippen LogP contribution in [0.2, 0.25) is 0 Å². The number of rotatable bonds is 5. The second-order valence-corrected chi connectivity index (χ2v) is 6.15. The van der Waals surface area contributed by atoms with Crippen molar-refractivity contribution >= 4 is 23.7 Å². The van der Waals surface area contributed by atoms with Gasteiger partial charge in [0.1, 0.15) is 5.60 Å². The summed E-state index contributed by atoms with van der Waals surface area (Å²) in [6.07, 6.45) is -1.21. The Morgan fingerprint density at radius 3 is 2.00 bits per heavy atom. The number of benzene rings is 1. The van der Waals surface area contributed by atoms with Gasteiger partial charge in [0.05, 0.1) is 24.7 Å². The number of hydrogen-bond donors (Lipinski definition) is 0. The molecule has 0 spiro atoms. The summed E-state index contributed by atoms with van der Waals surface area (Å²) in [5.41, 5.74) is -4.73. The molecule has 1 aromatic rings. The third-order valence-corrected chi connectivity index (χ3v) is 3.13. The number of nitro benzene ring substituents is 1. The predicted octanol–water partition coefficient (Wildman–Crippen LogP) is 2.52. The fraction of sp³-hybridized carbons (Fsp3) is 0.438. The minimum atomic E-state index is -2.72. The zero-order valence-electron chi connectivity index (χ0n) is 15.4. The van der Waals surface area contributed by atoms with Gasteiger partial charge < -0.3 is 14.2 Å². The fourth-order valence-corrected chi connectivity index (χ4v) is 2.07. The maximum Gasteiger partial charge on any atom is 0.452 e. The number of ether oxygens (including phenoxy) is 3. The van der Waals surface area contributed by atoms with E-state index in [-0.39, 0.29) is 0 Å². The molecule has 0 saturated heterocycles. The number of azo groups is 1. The number of methoxy groups -OCH3 is 2. The molecule has 0 aliphatic carbocycles. The fourth-order valence-electron chi connectivity index (χ4n) is 2.07. The number of carbonyl (C=O) groups is 3. The molecular formula is C16H19N3O8. The van der Waals surface area contributed by atoms with Crippen molar-refractivity contribution in [2.75, 3.05) is 14.2 Å². The predicted molar refractivity (Wildman–Crippen MR) is 89.9 cm³/mol. The Labute approximate surface area is 154 Å². The average Bonchev–Trinajstić information content (AvgIpc) is 2.60. The van der Waals surface area contributed by atoms with E-state index in [1.807, 2.05) is 0 Å². The molecule has 0 aliphatic heterocycles. The molecule has 0 aromatic heterocycles. The third-order valence-electron chi connectivity index (χ3n) is 3.13. The van der Waals surface area contributed by atoms with Gasteiger partial charge in [-0.05, 0) is 26.8 Å². The van der Waals surface area contributed by atoms with Crippen molar-refractivity contribution in [1.82, 2.24) is 0 Å². The van der Waals surface area contributed by atoms with Crippen molar-refractivity contribution in [1.29, 1.82) is 0 Å². The molecular weight excluding hydrogens is 362 g/mol. The molecule has 0 N–H and O–H groups in total. The summed E-state index contributed by atoms with van der Waals surface area (Å²) in [5.74, 6) is -2.65. The van der Waals surface area contributed by atoms with E-state index in [9.17, 15) is 24.5 Å². The molecule has 0 radical (unpaired) electrons. The standard InChI is InChI=1S/C16H19N3O8/c1-15(2,3)27-14(22)17-18-16(12(20)25-4,13(21)26-5)10-8-6-7-9-11(10)19(23)24/h6-9H,1-5H3. The average molecular weight is 381 g/mol.